The Hall–Kier alpha value is -4.13. The molecule has 5 rings (SSSR count). The van der Waals surface area contributed by atoms with Crippen LogP contribution in [-0.4, -0.2) is 23.3 Å². The number of benzene rings is 1. The summed E-state index contributed by atoms with van der Waals surface area (Å²) in [5.41, 5.74) is 1.97. The molecule has 0 saturated carbocycles. The first kappa shape index (κ1) is 17.0. The summed E-state index contributed by atoms with van der Waals surface area (Å²) in [6.07, 6.45) is 6.32. The predicted molar refractivity (Wildman–Crippen MR) is 107 cm³/mol. The molecule has 0 amide bonds. The van der Waals surface area contributed by atoms with Crippen LogP contribution in [0.4, 0.5) is 5.82 Å². The normalized spacial score (nSPS) is 11.5. The molecule has 0 N–H and O–H groups in total. The van der Waals surface area contributed by atoms with Gasteiger partial charge in [0.2, 0.25) is 5.71 Å². The van der Waals surface area contributed by atoms with Gasteiger partial charge in [-0.25, -0.2) is 15.0 Å². The van der Waals surface area contributed by atoms with Gasteiger partial charge in [-0.05, 0) is 42.0 Å². The zero-order valence-corrected chi connectivity index (χ0v) is 15.4. The molecule has 1 aromatic carbocycles. The molecule has 7 heteroatoms. The Morgan fingerprint density at radius 3 is 2.55 bits per heavy atom. The lowest BCUT2D eigenvalue weighted by Gasteiger charge is -2.01. The highest BCUT2D eigenvalue weighted by Crippen LogP contribution is 2.43. The molecule has 0 aliphatic heterocycles. The van der Waals surface area contributed by atoms with Gasteiger partial charge in [-0.1, -0.05) is 12.1 Å². The summed E-state index contributed by atoms with van der Waals surface area (Å²) in [5, 5.41) is 0.646. The van der Waals surface area contributed by atoms with Crippen molar-refractivity contribution in [3.05, 3.63) is 72.9 Å². The summed E-state index contributed by atoms with van der Waals surface area (Å²) in [5.74, 6) is 2.91. The topological polar surface area (TPSA) is 86.8 Å². The number of rotatable bonds is 5. The molecule has 0 bridgehead atoms. The van der Waals surface area contributed by atoms with Crippen molar-refractivity contribution in [3.8, 4) is 28.6 Å². The first-order valence-electron chi connectivity index (χ1n) is 8.87. The van der Waals surface area contributed by atoms with Crippen LogP contribution in [0.3, 0.4) is 0 Å². The molecule has 0 radical (unpaired) electrons. The van der Waals surface area contributed by atoms with Crippen molar-refractivity contribution in [3.63, 3.8) is 0 Å². The van der Waals surface area contributed by atoms with Crippen LogP contribution in [0.15, 0.2) is 85.6 Å². The number of hydrogen-bond acceptors (Lipinski definition) is 7. The Balaban J connectivity index is 1.70. The number of nitrogens with zero attached hydrogens (tertiary/aromatic N) is 3. The maximum absolute atomic E-state index is 6.00. The zero-order valence-electron chi connectivity index (χ0n) is 15.4. The van der Waals surface area contributed by atoms with Crippen molar-refractivity contribution in [2.45, 2.75) is 0 Å². The SMILES string of the molecule is COc1cccc(C=Nc2ncnc3oc(-c4ccco4)c(-c4ccco4)c23)c1. The average molecular weight is 385 g/mol. The van der Waals surface area contributed by atoms with Crippen LogP contribution >= 0.6 is 0 Å². The molecule has 4 aromatic heterocycles. The van der Waals surface area contributed by atoms with Crippen molar-refractivity contribution < 1.29 is 18.0 Å². The van der Waals surface area contributed by atoms with E-state index >= 15 is 0 Å². The van der Waals surface area contributed by atoms with Gasteiger partial charge in [0.15, 0.2) is 17.3 Å². The van der Waals surface area contributed by atoms with E-state index in [0.29, 0.717) is 39.8 Å². The molecule has 0 saturated heterocycles. The minimum Gasteiger partial charge on any atom is -0.497 e. The highest BCUT2D eigenvalue weighted by molar-refractivity contribution is 6.04. The van der Waals surface area contributed by atoms with Gasteiger partial charge in [-0.2, -0.15) is 0 Å². The standard InChI is InChI=1S/C22H15N3O4/c1-26-15-6-2-5-14(11-15)12-23-21-19-18(16-7-3-9-27-16)20(17-8-4-10-28-17)29-22(19)25-13-24-21/h2-13H,1H3. The number of methoxy groups -OCH3 is 1. The van der Waals surface area contributed by atoms with E-state index in [0.717, 1.165) is 11.3 Å². The molecule has 0 atom stereocenters. The molecular formula is C22H15N3O4. The average Bonchev–Trinajstić information content (AvgIpc) is 3.52. The summed E-state index contributed by atoms with van der Waals surface area (Å²) >= 11 is 0. The van der Waals surface area contributed by atoms with Gasteiger partial charge in [-0.15, -0.1) is 0 Å². The van der Waals surface area contributed by atoms with E-state index in [1.54, 1.807) is 31.9 Å². The highest BCUT2D eigenvalue weighted by Gasteiger charge is 2.24. The molecule has 0 spiro atoms. The van der Waals surface area contributed by atoms with Gasteiger partial charge in [0.25, 0.3) is 0 Å². The lowest BCUT2D eigenvalue weighted by molar-refractivity contribution is 0.415. The van der Waals surface area contributed by atoms with Gasteiger partial charge >= 0.3 is 0 Å². The fourth-order valence-electron chi connectivity index (χ4n) is 3.11. The van der Waals surface area contributed by atoms with Crippen LogP contribution in [0.25, 0.3) is 33.9 Å². The first-order valence-corrected chi connectivity index (χ1v) is 8.87. The van der Waals surface area contributed by atoms with Crippen LogP contribution in [0.1, 0.15) is 5.56 Å². The fourth-order valence-corrected chi connectivity index (χ4v) is 3.11. The van der Waals surface area contributed by atoms with Crippen molar-refractivity contribution in [2.24, 2.45) is 4.99 Å². The van der Waals surface area contributed by atoms with Gasteiger partial charge in [0.05, 0.1) is 30.6 Å². The van der Waals surface area contributed by atoms with Crippen molar-refractivity contribution in [2.75, 3.05) is 7.11 Å². The predicted octanol–water partition coefficient (Wildman–Crippen LogP) is 5.50. The fraction of sp³-hybridized carbons (Fsp3) is 0.0455. The summed E-state index contributed by atoms with van der Waals surface area (Å²) in [6, 6.07) is 14.9. The maximum atomic E-state index is 6.00. The largest absolute Gasteiger partial charge is 0.497 e. The molecule has 0 aliphatic carbocycles. The molecule has 142 valence electrons. The molecule has 29 heavy (non-hydrogen) atoms. The smallest absolute Gasteiger partial charge is 0.232 e. The molecule has 0 fully saturated rings. The van der Waals surface area contributed by atoms with Crippen LogP contribution in [0.2, 0.25) is 0 Å². The number of furan rings is 3. The monoisotopic (exact) mass is 385 g/mol. The van der Waals surface area contributed by atoms with E-state index in [-0.39, 0.29) is 0 Å². The van der Waals surface area contributed by atoms with Crippen molar-refractivity contribution in [1.82, 2.24) is 9.97 Å². The molecule has 0 aliphatic rings. The lowest BCUT2D eigenvalue weighted by Crippen LogP contribution is -1.87. The quantitative estimate of drug-likeness (QED) is 0.371. The summed E-state index contributed by atoms with van der Waals surface area (Å²) in [4.78, 5) is 13.2. The van der Waals surface area contributed by atoms with E-state index in [1.807, 2.05) is 42.5 Å². The summed E-state index contributed by atoms with van der Waals surface area (Å²) in [7, 11) is 1.63. The highest BCUT2D eigenvalue weighted by atomic mass is 16.5. The second-order valence-electron chi connectivity index (χ2n) is 6.17. The zero-order chi connectivity index (χ0) is 19.6. The molecular weight excluding hydrogens is 370 g/mol. The number of aliphatic imine (C=N–C) groups is 1. The third-order valence-electron chi connectivity index (χ3n) is 4.41. The van der Waals surface area contributed by atoms with Crippen molar-refractivity contribution >= 4 is 23.1 Å². The van der Waals surface area contributed by atoms with Gasteiger partial charge < -0.3 is 18.0 Å². The lowest BCUT2D eigenvalue weighted by atomic mass is 10.1. The van der Waals surface area contributed by atoms with Gasteiger partial charge in [-0.3, -0.25) is 0 Å². The van der Waals surface area contributed by atoms with E-state index in [4.69, 9.17) is 18.0 Å². The third kappa shape index (κ3) is 3.08. The van der Waals surface area contributed by atoms with Crippen molar-refractivity contribution in [1.29, 1.82) is 0 Å². The minimum absolute atomic E-state index is 0.399. The van der Waals surface area contributed by atoms with Crippen LogP contribution in [-0.2, 0) is 0 Å². The van der Waals surface area contributed by atoms with E-state index in [2.05, 4.69) is 15.0 Å². The van der Waals surface area contributed by atoms with Gasteiger partial charge in [0.1, 0.15) is 17.8 Å². The minimum atomic E-state index is 0.399. The van der Waals surface area contributed by atoms with E-state index in [1.165, 1.54) is 6.33 Å². The Morgan fingerprint density at radius 1 is 0.966 bits per heavy atom. The van der Waals surface area contributed by atoms with E-state index in [9.17, 15) is 0 Å². The van der Waals surface area contributed by atoms with Crippen LogP contribution in [0, 0.1) is 0 Å². The number of fused-ring (bicyclic) bond motifs is 1. The maximum Gasteiger partial charge on any atom is 0.232 e. The molecule has 0 unspecified atom stereocenters. The molecule has 4 heterocycles. The second kappa shape index (κ2) is 7.12. The second-order valence-corrected chi connectivity index (χ2v) is 6.17. The van der Waals surface area contributed by atoms with E-state index < -0.39 is 0 Å². The van der Waals surface area contributed by atoms with Crippen LogP contribution in [0.5, 0.6) is 5.75 Å². The molecule has 5 aromatic rings. The first-order chi connectivity index (χ1) is 14.3. The summed E-state index contributed by atoms with van der Waals surface area (Å²) < 4.78 is 22.5. The summed E-state index contributed by atoms with van der Waals surface area (Å²) in [6.45, 7) is 0. The Kier molecular flexibility index (Phi) is 4.18. The Bertz CT molecular complexity index is 1290. The number of aromatic nitrogens is 2. The van der Waals surface area contributed by atoms with Gasteiger partial charge in [0, 0.05) is 6.21 Å². The third-order valence-corrected chi connectivity index (χ3v) is 4.41. The Labute approximate surface area is 165 Å². The molecule has 7 nitrogen and oxygen atoms in total. The number of ether oxygens (including phenoxy) is 1. The number of hydrogen-bond donors (Lipinski definition) is 0. The Morgan fingerprint density at radius 2 is 1.79 bits per heavy atom. The van der Waals surface area contributed by atoms with Crippen LogP contribution < -0.4 is 4.74 Å².